The smallest absolute Gasteiger partial charge is 0.416 e. The highest BCUT2D eigenvalue weighted by molar-refractivity contribution is 6.04. The summed E-state index contributed by atoms with van der Waals surface area (Å²) in [6.45, 7) is 0.423. The maximum atomic E-state index is 12.8. The predicted molar refractivity (Wildman–Crippen MR) is 100 cm³/mol. The summed E-state index contributed by atoms with van der Waals surface area (Å²) in [5, 5.41) is 15.5. The number of esters is 1. The van der Waals surface area contributed by atoms with Crippen molar-refractivity contribution in [2.24, 2.45) is 7.05 Å². The lowest BCUT2D eigenvalue weighted by atomic mass is 10.1. The zero-order valence-electron chi connectivity index (χ0n) is 16.2. The molecule has 1 atom stereocenters. The Hall–Kier alpha value is -3.90. The van der Waals surface area contributed by atoms with Gasteiger partial charge < -0.3 is 14.6 Å². The topological polar surface area (TPSA) is 133 Å². The van der Waals surface area contributed by atoms with Crippen molar-refractivity contribution >= 4 is 29.2 Å². The first-order valence-electron chi connectivity index (χ1n) is 8.64. The summed E-state index contributed by atoms with van der Waals surface area (Å²) in [5.74, 6) is -2.64. The number of anilines is 1. The second-order valence-electron chi connectivity index (χ2n) is 6.34. The van der Waals surface area contributed by atoms with Crippen LogP contribution in [0.3, 0.4) is 0 Å². The highest BCUT2D eigenvalue weighted by Gasteiger charge is 2.33. The number of nitrogens with zero attached hydrogens (tertiary/aromatic N) is 2. The molecule has 0 aliphatic carbocycles. The largest absolute Gasteiger partial charge is 0.454 e. The van der Waals surface area contributed by atoms with Gasteiger partial charge in [-0.15, -0.1) is 0 Å². The van der Waals surface area contributed by atoms with Crippen molar-refractivity contribution in [2.75, 3.05) is 11.9 Å². The molecule has 0 fully saturated rings. The summed E-state index contributed by atoms with van der Waals surface area (Å²) in [6, 6.07) is 3.59. The molecule has 0 aliphatic heterocycles. The van der Waals surface area contributed by atoms with Gasteiger partial charge in [-0.05, 0) is 31.2 Å². The Kier molecular flexibility index (Phi) is 7.00. The standard InChI is InChI=1S/C18H17F3N4O6/c1-10(22-12-6-5-11(18(19,20)21)8-14(12)25(29)30)17(28)31-9-15(26)23-16(27)13-4-3-7-24(13)2/h3-8,10,22H,9H2,1-2H3,(H,23,26,27)/t10-/m0/s1. The Labute approximate surface area is 173 Å². The second-order valence-corrected chi connectivity index (χ2v) is 6.34. The fraction of sp³-hybridized carbons (Fsp3) is 0.278. The van der Waals surface area contributed by atoms with E-state index >= 15 is 0 Å². The maximum absolute atomic E-state index is 12.8. The molecule has 13 heteroatoms. The molecule has 0 bridgehead atoms. The molecule has 0 saturated heterocycles. The van der Waals surface area contributed by atoms with Crippen LogP contribution in [0.4, 0.5) is 24.5 Å². The van der Waals surface area contributed by atoms with E-state index in [1.807, 2.05) is 5.32 Å². The molecule has 31 heavy (non-hydrogen) atoms. The molecule has 1 aromatic heterocycles. The van der Waals surface area contributed by atoms with Crippen LogP contribution in [0.1, 0.15) is 23.0 Å². The first-order chi connectivity index (χ1) is 14.4. The minimum absolute atomic E-state index is 0.198. The monoisotopic (exact) mass is 442 g/mol. The number of benzene rings is 1. The van der Waals surface area contributed by atoms with Crippen molar-refractivity contribution in [3.05, 3.63) is 57.9 Å². The van der Waals surface area contributed by atoms with E-state index in [0.29, 0.717) is 12.1 Å². The Morgan fingerprint density at radius 1 is 1.26 bits per heavy atom. The van der Waals surface area contributed by atoms with Crippen LogP contribution in [0.5, 0.6) is 0 Å². The van der Waals surface area contributed by atoms with Crippen molar-refractivity contribution in [3.63, 3.8) is 0 Å². The molecule has 2 N–H and O–H groups in total. The minimum Gasteiger partial charge on any atom is -0.454 e. The van der Waals surface area contributed by atoms with Gasteiger partial charge in [0.15, 0.2) is 6.61 Å². The van der Waals surface area contributed by atoms with Crippen LogP contribution in [-0.4, -0.2) is 39.9 Å². The van der Waals surface area contributed by atoms with Crippen LogP contribution in [-0.2, 0) is 27.5 Å². The normalized spacial score (nSPS) is 12.0. The van der Waals surface area contributed by atoms with Crippen LogP contribution in [0.15, 0.2) is 36.5 Å². The number of rotatable bonds is 7. The molecule has 0 radical (unpaired) electrons. The van der Waals surface area contributed by atoms with E-state index < -0.39 is 52.8 Å². The van der Waals surface area contributed by atoms with Crippen molar-refractivity contribution in [1.29, 1.82) is 0 Å². The molecule has 2 amide bonds. The molecule has 166 valence electrons. The van der Waals surface area contributed by atoms with Gasteiger partial charge in [0.05, 0.1) is 10.5 Å². The number of hydrogen-bond donors (Lipinski definition) is 2. The molecular formula is C18H17F3N4O6. The van der Waals surface area contributed by atoms with Crippen LogP contribution in [0.2, 0.25) is 0 Å². The summed E-state index contributed by atoms with van der Waals surface area (Å²) in [5.41, 5.74) is -2.25. The number of imide groups is 1. The Balaban J connectivity index is 1.96. The van der Waals surface area contributed by atoms with E-state index in [0.717, 1.165) is 6.07 Å². The first-order valence-corrected chi connectivity index (χ1v) is 8.64. The van der Waals surface area contributed by atoms with E-state index in [2.05, 4.69) is 5.32 Å². The number of aryl methyl sites for hydroxylation is 1. The molecule has 0 saturated carbocycles. The number of carbonyl (C=O) groups excluding carboxylic acids is 3. The lowest BCUT2D eigenvalue weighted by Gasteiger charge is -2.15. The SMILES string of the molecule is C[C@H](Nc1ccc(C(F)(F)F)cc1[N+](=O)[O-])C(=O)OCC(=O)NC(=O)c1cccn1C. The summed E-state index contributed by atoms with van der Waals surface area (Å²) in [7, 11) is 1.59. The molecule has 1 aromatic carbocycles. The molecule has 0 spiro atoms. The number of hydrogen-bond acceptors (Lipinski definition) is 7. The van der Waals surface area contributed by atoms with E-state index in [1.165, 1.54) is 17.6 Å². The lowest BCUT2D eigenvalue weighted by Crippen LogP contribution is -2.37. The Morgan fingerprint density at radius 2 is 1.94 bits per heavy atom. The fourth-order valence-electron chi connectivity index (χ4n) is 2.46. The highest BCUT2D eigenvalue weighted by atomic mass is 19.4. The fourth-order valence-corrected chi connectivity index (χ4v) is 2.46. The summed E-state index contributed by atoms with van der Waals surface area (Å²) < 4.78 is 44.5. The minimum atomic E-state index is -4.78. The average molecular weight is 442 g/mol. The molecule has 0 aliphatic rings. The molecule has 2 aromatic rings. The number of nitro benzene ring substituents is 1. The van der Waals surface area contributed by atoms with Gasteiger partial charge in [-0.1, -0.05) is 0 Å². The Morgan fingerprint density at radius 3 is 2.48 bits per heavy atom. The number of aromatic nitrogens is 1. The molecule has 10 nitrogen and oxygen atoms in total. The third-order valence-electron chi connectivity index (χ3n) is 4.02. The van der Waals surface area contributed by atoms with E-state index in [-0.39, 0.29) is 11.4 Å². The molecule has 1 heterocycles. The van der Waals surface area contributed by atoms with E-state index in [1.54, 1.807) is 19.3 Å². The number of amides is 2. The number of carbonyl (C=O) groups is 3. The number of alkyl halides is 3. The first kappa shape index (κ1) is 23.4. The van der Waals surface area contributed by atoms with Crippen molar-refractivity contribution in [2.45, 2.75) is 19.1 Å². The molecule has 2 rings (SSSR count). The number of ether oxygens (including phenoxy) is 1. The summed E-state index contributed by atoms with van der Waals surface area (Å²) >= 11 is 0. The van der Waals surface area contributed by atoms with Gasteiger partial charge in [0.2, 0.25) is 0 Å². The number of halogens is 3. The van der Waals surface area contributed by atoms with Crippen LogP contribution < -0.4 is 10.6 Å². The van der Waals surface area contributed by atoms with Gasteiger partial charge in [0.25, 0.3) is 17.5 Å². The van der Waals surface area contributed by atoms with Crippen LogP contribution >= 0.6 is 0 Å². The summed E-state index contributed by atoms with van der Waals surface area (Å²) in [4.78, 5) is 45.8. The van der Waals surface area contributed by atoms with Crippen molar-refractivity contribution < 1.29 is 37.2 Å². The van der Waals surface area contributed by atoms with E-state index in [9.17, 15) is 37.7 Å². The average Bonchev–Trinajstić information content (AvgIpc) is 3.11. The predicted octanol–water partition coefficient (Wildman–Crippen LogP) is 2.25. The van der Waals surface area contributed by atoms with Gasteiger partial charge in [0, 0.05) is 19.3 Å². The van der Waals surface area contributed by atoms with Crippen LogP contribution in [0.25, 0.3) is 0 Å². The van der Waals surface area contributed by atoms with Crippen molar-refractivity contribution in [1.82, 2.24) is 9.88 Å². The second kappa shape index (κ2) is 9.28. The van der Waals surface area contributed by atoms with Gasteiger partial charge >= 0.3 is 12.1 Å². The molecule has 0 unspecified atom stereocenters. The zero-order valence-corrected chi connectivity index (χ0v) is 16.2. The maximum Gasteiger partial charge on any atom is 0.416 e. The van der Waals surface area contributed by atoms with Gasteiger partial charge in [-0.3, -0.25) is 25.0 Å². The lowest BCUT2D eigenvalue weighted by molar-refractivity contribution is -0.384. The van der Waals surface area contributed by atoms with Crippen molar-refractivity contribution in [3.8, 4) is 0 Å². The molecular weight excluding hydrogens is 425 g/mol. The van der Waals surface area contributed by atoms with Gasteiger partial charge in [-0.25, -0.2) is 4.79 Å². The Bertz CT molecular complexity index is 1020. The number of nitrogens with one attached hydrogen (secondary N) is 2. The van der Waals surface area contributed by atoms with Gasteiger partial charge in [0.1, 0.15) is 17.4 Å². The zero-order chi connectivity index (χ0) is 23.3. The highest BCUT2D eigenvalue weighted by Crippen LogP contribution is 2.35. The quantitative estimate of drug-likeness (QED) is 0.382. The summed E-state index contributed by atoms with van der Waals surface area (Å²) in [6.07, 6.45) is -3.19. The third kappa shape index (κ3) is 6.04. The number of nitro groups is 1. The van der Waals surface area contributed by atoms with Crippen LogP contribution in [0, 0.1) is 10.1 Å². The van der Waals surface area contributed by atoms with Gasteiger partial charge in [-0.2, -0.15) is 13.2 Å². The van der Waals surface area contributed by atoms with E-state index in [4.69, 9.17) is 4.74 Å². The third-order valence-corrected chi connectivity index (χ3v) is 4.02.